The number of carbonyl (C=O) groups excluding carboxylic acids is 1. The number of esters is 1. The molecule has 1 rings (SSSR count). The van der Waals surface area contributed by atoms with Gasteiger partial charge in [0.25, 0.3) is 0 Å². The summed E-state index contributed by atoms with van der Waals surface area (Å²) >= 11 is 0. The maximum absolute atomic E-state index is 11.1. The molecule has 0 aliphatic carbocycles. The molecule has 0 aliphatic heterocycles. The van der Waals surface area contributed by atoms with E-state index in [1.54, 1.807) is 0 Å². The maximum atomic E-state index is 11.1. The van der Waals surface area contributed by atoms with Crippen LogP contribution in [0.1, 0.15) is 43.9 Å². The molecule has 0 radical (unpaired) electrons. The lowest BCUT2D eigenvalue weighted by Crippen LogP contribution is -2.11. The van der Waals surface area contributed by atoms with E-state index in [9.17, 15) is 4.79 Å². The minimum Gasteiger partial charge on any atom is -0.469 e. The van der Waals surface area contributed by atoms with Gasteiger partial charge in [0.1, 0.15) is 0 Å². The zero-order valence-electron chi connectivity index (χ0n) is 11.5. The van der Waals surface area contributed by atoms with Gasteiger partial charge in [0.2, 0.25) is 0 Å². The molecule has 0 aliphatic rings. The minimum atomic E-state index is -0.149. The smallest absolute Gasteiger partial charge is 0.305 e. The van der Waals surface area contributed by atoms with Crippen molar-refractivity contribution in [2.24, 2.45) is 0 Å². The first-order valence-electron chi connectivity index (χ1n) is 6.01. The summed E-state index contributed by atoms with van der Waals surface area (Å²) in [5.41, 5.74) is 3.98. The Morgan fingerprint density at radius 2 is 1.94 bits per heavy atom. The molecule has 1 aromatic carbocycles. The van der Waals surface area contributed by atoms with Gasteiger partial charge in [-0.2, -0.15) is 0 Å². The lowest BCUT2D eigenvalue weighted by molar-refractivity contribution is -0.140. The third-order valence-electron chi connectivity index (χ3n) is 3.03. The van der Waals surface area contributed by atoms with Crippen LogP contribution in [0.15, 0.2) is 18.2 Å². The van der Waals surface area contributed by atoms with Crippen molar-refractivity contribution in [2.45, 2.75) is 46.0 Å². The standard InChI is InChI=1S/C15H22O2/c1-11-10-13(15(2,3)4)8-6-12(11)7-9-14(16)17-5/h6,8,10H,7,9H2,1-5H3. The summed E-state index contributed by atoms with van der Waals surface area (Å²) in [6.45, 7) is 8.71. The minimum absolute atomic E-state index is 0.149. The van der Waals surface area contributed by atoms with Gasteiger partial charge in [0.15, 0.2) is 0 Å². The molecule has 0 saturated carbocycles. The van der Waals surface area contributed by atoms with Crippen LogP contribution in [-0.2, 0) is 21.4 Å². The van der Waals surface area contributed by atoms with Crippen molar-refractivity contribution < 1.29 is 9.53 Å². The Hall–Kier alpha value is -1.31. The number of carbonyl (C=O) groups is 1. The summed E-state index contributed by atoms with van der Waals surface area (Å²) in [5, 5.41) is 0. The second-order valence-corrected chi connectivity index (χ2v) is 5.47. The Morgan fingerprint density at radius 3 is 2.41 bits per heavy atom. The number of rotatable bonds is 3. The predicted octanol–water partition coefficient (Wildman–Crippen LogP) is 3.40. The van der Waals surface area contributed by atoms with Gasteiger partial charge in [-0.1, -0.05) is 39.0 Å². The van der Waals surface area contributed by atoms with E-state index in [1.807, 2.05) is 0 Å². The Balaban J connectivity index is 2.80. The molecule has 1 aromatic rings. The fourth-order valence-electron chi connectivity index (χ4n) is 1.78. The molecule has 0 saturated heterocycles. The molecule has 17 heavy (non-hydrogen) atoms. The fourth-order valence-corrected chi connectivity index (χ4v) is 1.78. The van der Waals surface area contributed by atoms with E-state index in [0.717, 1.165) is 6.42 Å². The van der Waals surface area contributed by atoms with Crippen molar-refractivity contribution in [3.63, 3.8) is 0 Å². The van der Waals surface area contributed by atoms with Gasteiger partial charge in [-0.3, -0.25) is 4.79 Å². The van der Waals surface area contributed by atoms with E-state index >= 15 is 0 Å². The summed E-state index contributed by atoms with van der Waals surface area (Å²) in [5.74, 6) is -0.149. The van der Waals surface area contributed by atoms with Crippen LogP contribution in [0.2, 0.25) is 0 Å². The summed E-state index contributed by atoms with van der Waals surface area (Å²) in [4.78, 5) is 11.1. The highest BCUT2D eigenvalue weighted by atomic mass is 16.5. The predicted molar refractivity (Wildman–Crippen MR) is 70.2 cm³/mol. The van der Waals surface area contributed by atoms with Crippen LogP contribution in [0.25, 0.3) is 0 Å². The zero-order valence-corrected chi connectivity index (χ0v) is 11.5. The van der Waals surface area contributed by atoms with Gasteiger partial charge < -0.3 is 4.74 Å². The molecule has 2 nitrogen and oxygen atoms in total. The van der Waals surface area contributed by atoms with Crippen LogP contribution < -0.4 is 0 Å². The third kappa shape index (κ3) is 3.88. The largest absolute Gasteiger partial charge is 0.469 e. The van der Waals surface area contributed by atoms with E-state index in [4.69, 9.17) is 0 Å². The Labute approximate surface area is 104 Å². The van der Waals surface area contributed by atoms with Crippen LogP contribution in [0.3, 0.4) is 0 Å². The lowest BCUT2D eigenvalue weighted by atomic mass is 9.85. The summed E-state index contributed by atoms with van der Waals surface area (Å²) in [6, 6.07) is 6.49. The molecular weight excluding hydrogens is 212 g/mol. The molecule has 0 unspecified atom stereocenters. The van der Waals surface area contributed by atoms with E-state index in [-0.39, 0.29) is 11.4 Å². The molecule has 0 N–H and O–H groups in total. The normalized spacial score (nSPS) is 11.4. The zero-order chi connectivity index (χ0) is 13.1. The topological polar surface area (TPSA) is 26.3 Å². The van der Waals surface area contributed by atoms with Crippen LogP contribution in [0.4, 0.5) is 0 Å². The molecule has 0 bridgehead atoms. The molecule has 0 fully saturated rings. The van der Waals surface area contributed by atoms with Gasteiger partial charge in [-0.05, 0) is 35.4 Å². The molecule has 94 valence electrons. The van der Waals surface area contributed by atoms with Gasteiger partial charge in [-0.15, -0.1) is 0 Å². The summed E-state index contributed by atoms with van der Waals surface area (Å²) < 4.78 is 4.65. The van der Waals surface area contributed by atoms with E-state index in [1.165, 1.54) is 23.8 Å². The lowest BCUT2D eigenvalue weighted by Gasteiger charge is -2.20. The van der Waals surface area contributed by atoms with E-state index < -0.39 is 0 Å². The summed E-state index contributed by atoms with van der Waals surface area (Å²) in [6.07, 6.45) is 1.20. The van der Waals surface area contributed by atoms with E-state index in [0.29, 0.717) is 6.42 Å². The SMILES string of the molecule is COC(=O)CCc1ccc(C(C)(C)C)cc1C. The molecule has 0 spiro atoms. The van der Waals surface area contributed by atoms with Crippen molar-refractivity contribution in [3.05, 3.63) is 34.9 Å². The molecule has 0 amide bonds. The fraction of sp³-hybridized carbons (Fsp3) is 0.533. The average Bonchev–Trinajstić information content (AvgIpc) is 2.25. The summed E-state index contributed by atoms with van der Waals surface area (Å²) in [7, 11) is 1.43. The Bertz CT molecular complexity index is 400. The number of methoxy groups -OCH3 is 1. The molecule has 0 atom stereocenters. The van der Waals surface area contributed by atoms with Crippen molar-refractivity contribution in [1.82, 2.24) is 0 Å². The van der Waals surface area contributed by atoms with Crippen LogP contribution >= 0.6 is 0 Å². The first-order valence-corrected chi connectivity index (χ1v) is 6.01. The van der Waals surface area contributed by atoms with Crippen molar-refractivity contribution in [2.75, 3.05) is 7.11 Å². The van der Waals surface area contributed by atoms with Gasteiger partial charge in [0.05, 0.1) is 7.11 Å². The van der Waals surface area contributed by atoms with Crippen LogP contribution in [0, 0.1) is 6.92 Å². The second-order valence-electron chi connectivity index (χ2n) is 5.47. The highest BCUT2D eigenvalue weighted by Crippen LogP contribution is 2.24. The Morgan fingerprint density at radius 1 is 1.29 bits per heavy atom. The van der Waals surface area contributed by atoms with Gasteiger partial charge in [0, 0.05) is 6.42 Å². The van der Waals surface area contributed by atoms with Gasteiger partial charge in [-0.25, -0.2) is 0 Å². The molecule has 2 heteroatoms. The maximum Gasteiger partial charge on any atom is 0.305 e. The van der Waals surface area contributed by atoms with E-state index in [2.05, 4.69) is 50.6 Å². The number of aryl methyl sites for hydroxylation is 2. The average molecular weight is 234 g/mol. The molecule has 0 heterocycles. The van der Waals surface area contributed by atoms with Gasteiger partial charge >= 0.3 is 5.97 Å². The van der Waals surface area contributed by atoms with Crippen molar-refractivity contribution in [3.8, 4) is 0 Å². The first kappa shape index (κ1) is 13.8. The monoisotopic (exact) mass is 234 g/mol. The Kier molecular flexibility index (Phi) is 4.33. The highest BCUT2D eigenvalue weighted by Gasteiger charge is 2.14. The number of hydrogen-bond donors (Lipinski definition) is 0. The van der Waals surface area contributed by atoms with Crippen LogP contribution in [0.5, 0.6) is 0 Å². The second kappa shape index (κ2) is 5.35. The molecule has 0 aromatic heterocycles. The quantitative estimate of drug-likeness (QED) is 0.749. The van der Waals surface area contributed by atoms with Crippen molar-refractivity contribution in [1.29, 1.82) is 0 Å². The van der Waals surface area contributed by atoms with Crippen molar-refractivity contribution >= 4 is 5.97 Å². The number of ether oxygens (including phenoxy) is 1. The number of hydrogen-bond acceptors (Lipinski definition) is 2. The van der Waals surface area contributed by atoms with Crippen LogP contribution in [-0.4, -0.2) is 13.1 Å². The number of benzene rings is 1. The molecular formula is C15H22O2. The first-order chi connectivity index (χ1) is 7.84. The third-order valence-corrected chi connectivity index (χ3v) is 3.03. The highest BCUT2D eigenvalue weighted by molar-refractivity contribution is 5.69.